The van der Waals surface area contributed by atoms with Gasteiger partial charge in [0.2, 0.25) is 0 Å². The Morgan fingerprint density at radius 2 is 1.84 bits per heavy atom. The summed E-state index contributed by atoms with van der Waals surface area (Å²) in [6, 6.07) is 8.08. The van der Waals surface area contributed by atoms with Crippen LogP contribution in [-0.4, -0.2) is 13.2 Å². The number of ether oxygens (including phenoxy) is 2. The standard InChI is InChI=1S/C15H15BrO3/c1-10-7-12(9-19-10)15(16)11-3-4-13-14(8-11)18-6-2-5-17-13/h3-4,7-9,15H,2,5-6H2,1H3. The van der Waals surface area contributed by atoms with Crippen LogP contribution in [0, 0.1) is 6.92 Å². The van der Waals surface area contributed by atoms with Crippen LogP contribution in [0.3, 0.4) is 0 Å². The summed E-state index contributed by atoms with van der Waals surface area (Å²) in [7, 11) is 0. The normalized spacial score (nSPS) is 15.9. The van der Waals surface area contributed by atoms with Gasteiger partial charge < -0.3 is 13.9 Å². The fourth-order valence-electron chi connectivity index (χ4n) is 2.13. The zero-order valence-electron chi connectivity index (χ0n) is 10.7. The van der Waals surface area contributed by atoms with E-state index in [1.807, 2.05) is 25.1 Å². The first-order valence-corrected chi connectivity index (χ1v) is 7.24. The third-order valence-corrected chi connectivity index (χ3v) is 4.17. The highest BCUT2D eigenvalue weighted by Gasteiger charge is 2.17. The number of hydrogen-bond acceptors (Lipinski definition) is 3. The lowest BCUT2D eigenvalue weighted by molar-refractivity contribution is 0.297. The molecule has 0 radical (unpaired) electrons. The van der Waals surface area contributed by atoms with E-state index in [-0.39, 0.29) is 4.83 Å². The zero-order chi connectivity index (χ0) is 13.2. The van der Waals surface area contributed by atoms with E-state index in [4.69, 9.17) is 13.9 Å². The number of furan rings is 1. The predicted octanol–water partition coefficient (Wildman–Crippen LogP) is 4.23. The molecule has 0 aliphatic carbocycles. The van der Waals surface area contributed by atoms with Crippen LogP contribution in [0.2, 0.25) is 0 Å². The van der Waals surface area contributed by atoms with Gasteiger partial charge in [0, 0.05) is 12.0 Å². The highest BCUT2D eigenvalue weighted by molar-refractivity contribution is 9.09. The summed E-state index contributed by atoms with van der Waals surface area (Å²) in [5.41, 5.74) is 2.23. The first kappa shape index (κ1) is 12.6. The molecular weight excluding hydrogens is 308 g/mol. The summed E-state index contributed by atoms with van der Waals surface area (Å²) in [5.74, 6) is 2.55. The number of halogens is 1. The molecule has 2 aromatic rings. The van der Waals surface area contributed by atoms with Gasteiger partial charge in [0.25, 0.3) is 0 Å². The molecule has 1 aromatic carbocycles. The van der Waals surface area contributed by atoms with Gasteiger partial charge in [0.1, 0.15) is 5.76 Å². The minimum atomic E-state index is 0.0992. The van der Waals surface area contributed by atoms with Crippen LogP contribution in [0.1, 0.15) is 28.1 Å². The largest absolute Gasteiger partial charge is 0.490 e. The Hall–Kier alpha value is -1.42. The van der Waals surface area contributed by atoms with Crippen molar-refractivity contribution in [2.24, 2.45) is 0 Å². The van der Waals surface area contributed by atoms with E-state index in [1.165, 1.54) is 0 Å². The van der Waals surface area contributed by atoms with E-state index in [1.54, 1.807) is 6.26 Å². The summed E-state index contributed by atoms with van der Waals surface area (Å²) in [6.45, 7) is 3.36. The van der Waals surface area contributed by atoms with Gasteiger partial charge in [-0.25, -0.2) is 0 Å². The van der Waals surface area contributed by atoms with E-state index in [9.17, 15) is 0 Å². The molecule has 1 unspecified atom stereocenters. The molecule has 3 nitrogen and oxygen atoms in total. The maximum Gasteiger partial charge on any atom is 0.161 e. The van der Waals surface area contributed by atoms with Gasteiger partial charge in [0.05, 0.1) is 24.3 Å². The molecule has 1 aliphatic rings. The van der Waals surface area contributed by atoms with Crippen molar-refractivity contribution in [2.75, 3.05) is 13.2 Å². The van der Waals surface area contributed by atoms with Crippen molar-refractivity contribution in [1.29, 1.82) is 0 Å². The number of alkyl halides is 1. The van der Waals surface area contributed by atoms with Gasteiger partial charge in [-0.15, -0.1) is 0 Å². The smallest absolute Gasteiger partial charge is 0.161 e. The summed E-state index contributed by atoms with van der Waals surface area (Å²) in [5, 5.41) is 0. The Kier molecular flexibility index (Phi) is 3.51. The maximum atomic E-state index is 5.71. The highest BCUT2D eigenvalue weighted by atomic mass is 79.9. The Morgan fingerprint density at radius 3 is 2.58 bits per heavy atom. The molecule has 100 valence electrons. The number of benzene rings is 1. The van der Waals surface area contributed by atoms with Gasteiger partial charge in [0.15, 0.2) is 11.5 Å². The second kappa shape index (κ2) is 5.29. The minimum absolute atomic E-state index is 0.0992. The first-order chi connectivity index (χ1) is 9.24. The Labute approximate surface area is 120 Å². The second-order valence-electron chi connectivity index (χ2n) is 4.61. The van der Waals surface area contributed by atoms with Crippen molar-refractivity contribution in [1.82, 2.24) is 0 Å². The van der Waals surface area contributed by atoms with Crippen LogP contribution in [0.25, 0.3) is 0 Å². The lowest BCUT2D eigenvalue weighted by Gasteiger charge is -2.12. The van der Waals surface area contributed by atoms with E-state index in [0.717, 1.165) is 34.8 Å². The van der Waals surface area contributed by atoms with Crippen LogP contribution in [-0.2, 0) is 0 Å². The molecule has 0 saturated heterocycles. The van der Waals surface area contributed by atoms with Gasteiger partial charge in [-0.05, 0) is 30.7 Å². The highest BCUT2D eigenvalue weighted by Crippen LogP contribution is 2.37. The zero-order valence-corrected chi connectivity index (χ0v) is 12.3. The van der Waals surface area contributed by atoms with Gasteiger partial charge in [-0.2, -0.15) is 0 Å². The fourth-order valence-corrected chi connectivity index (χ4v) is 2.65. The molecular formula is C15H15BrO3. The molecule has 1 aromatic heterocycles. The third kappa shape index (κ3) is 2.63. The Balaban J connectivity index is 1.91. The fraction of sp³-hybridized carbons (Fsp3) is 0.333. The van der Waals surface area contributed by atoms with E-state index in [0.29, 0.717) is 13.2 Å². The van der Waals surface area contributed by atoms with E-state index >= 15 is 0 Å². The lowest BCUT2D eigenvalue weighted by atomic mass is 10.1. The van der Waals surface area contributed by atoms with Crippen LogP contribution in [0.15, 0.2) is 34.9 Å². The molecule has 3 rings (SSSR count). The molecule has 2 heterocycles. The number of fused-ring (bicyclic) bond motifs is 1. The molecule has 4 heteroatoms. The molecule has 0 spiro atoms. The topological polar surface area (TPSA) is 31.6 Å². The van der Waals surface area contributed by atoms with E-state index in [2.05, 4.69) is 22.0 Å². The molecule has 0 fully saturated rings. The molecule has 19 heavy (non-hydrogen) atoms. The molecule has 0 amide bonds. The van der Waals surface area contributed by atoms with Crippen molar-refractivity contribution in [3.8, 4) is 11.5 Å². The summed E-state index contributed by atoms with van der Waals surface area (Å²) in [6.07, 6.45) is 2.69. The Morgan fingerprint density at radius 1 is 1.05 bits per heavy atom. The van der Waals surface area contributed by atoms with Crippen molar-refractivity contribution < 1.29 is 13.9 Å². The monoisotopic (exact) mass is 322 g/mol. The summed E-state index contributed by atoms with van der Waals surface area (Å²) < 4.78 is 16.7. The maximum absolute atomic E-state index is 5.71. The quantitative estimate of drug-likeness (QED) is 0.775. The SMILES string of the molecule is Cc1cc(C(Br)c2ccc3c(c2)OCCCO3)co1. The molecule has 1 atom stereocenters. The van der Waals surface area contributed by atoms with Gasteiger partial charge in [-0.1, -0.05) is 22.0 Å². The van der Waals surface area contributed by atoms with Crippen LogP contribution < -0.4 is 9.47 Å². The predicted molar refractivity (Wildman–Crippen MR) is 76.3 cm³/mol. The molecule has 0 N–H and O–H groups in total. The third-order valence-electron chi connectivity index (χ3n) is 3.11. The van der Waals surface area contributed by atoms with E-state index < -0.39 is 0 Å². The molecule has 0 bridgehead atoms. The van der Waals surface area contributed by atoms with Crippen LogP contribution in [0.5, 0.6) is 11.5 Å². The second-order valence-corrected chi connectivity index (χ2v) is 5.53. The average Bonchev–Trinajstić information content (AvgIpc) is 2.72. The average molecular weight is 323 g/mol. The number of aryl methyl sites for hydroxylation is 1. The van der Waals surface area contributed by atoms with Gasteiger partial charge in [-0.3, -0.25) is 0 Å². The first-order valence-electron chi connectivity index (χ1n) is 6.33. The molecule has 0 saturated carbocycles. The Bertz CT molecular complexity index is 577. The number of hydrogen-bond donors (Lipinski definition) is 0. The minimum Gasteiger partial charge on any atom is -0.490 e. The lowest BCUT2D eigenvalue weighted by Crippen LogP contribution is -1.97. The number of rotatable bonds is 2. The summed E-state index contributed by atoms with van der Waals surface area (Å²) in [4.78, 5) is 0.0992. The van der Waals surface area contributed by atoms with Crippen molar-refractivity contribution >= 4 is 15.9 Å². The summed E-state index contributed by atoms with van der Waals surface area (Å²) >= 11 is 3.70. The van der Waals surface area contributed by atoms with Crippen molar-refractivity contribution in [3.05, 3.63) is 47.4 Å². The van der Waals surface area contributed by atoms with Crippen molar-refractivity contribution in [3.63, 3.8) is 0 Å². The van der Waals surface area contributed by atoms with Crippen LogP contribution in [0.4, 0.5) is 0 Å². The van der Waals surface area contributed by atoms with Crippen molar-refractivity contribution in [2.45, 2.75) is 18.2 Å². The van der Waals surface area contributed by atoms with Crippen LogP contribution >= 0.6 is 15.9 Å². The van der Waals surface area contributed by atoms with Gasteiger partial charge >= 0.3 is 0 Å². The molecule has 1 aliphatic heterocycles.